The molecule has 1 saturated carbocycles. The maximum Gasteiger partial charge on any atom is 0.291 e. The van der Waals surface area contributed by atoms with E-state index in [1.807, 2.05) is 11.8 Å². The number of ether oxygens (including phenoxy) is 1. The SMILES string of the molecule is Cc1cc(C)c2c(N3CCOCC3)nc(C(=O)N3CCN(C4CCCCC4)CC3)nc2n1. The van der Waals surface area contributed by atoms with Gasteiger partial charge >= 0.3 is 0 Å². The van der Waals surface area contributed by atoms with Gasteiger partial charge in [-0.3, -0.25) is 9.69 Å². The van der Waals surface area contributed by atoms with Gasteiger partial charge < -0.3 is 14.5 Å². The van der Waals surface area contributed by atoms with Crippen LogP contribution in [0.1, 0.15) is 54.0 Å². The number of amides is 1. The third-order valence-electron chi connectivity index (χ3n) is 7.17. The van der Waals surface area contributed by atoms with Crippen molar-refractivity contribution in [1.29, 1.82) is 0 Å². The Morgan fingerprint density at radius 3 is 2.38 bits per heavy atom. The second kappa shape index (κ2) is 9.27. The number of piperazine rings is 1. The van der Waals surface area contributed by atoms with Crippen LogP contribution in [0.5, 0.6) is 0 Å². The van der Waals surface area contributed by atoms with Gasteiger partial charge in [0.2, 0.25) is 5.82 Å². The summed E-state index contributed by atoms with van der Waals surface area (Å²) in [6.07, 6.45) is 6.65. The Hall–Kier alpha value is -2.32. The van der Waals surface area contributed by atoms with Crippen molar-refractivity contribution in [3.05, 3.63) is 23.1 Å². The summed E-state index contributed by atoms with van der Waals surface area (Å²) in [5.41, 5.74) is 2.61. The van der Waals surface area contributed by atoms with Gasteiger partial charge in [-0.2, -0.15) is 0 Å². The molecule has 1 aliphatic carbocycles. The van der Waals surface area contributed by atoms with Crippen molar-refractivity contribution in [3.63, 3.8) is 0 Å². The number of carbonyl (C=O) groups excluding carboxylic acids is 1. The van der Waals surface area contributed by atoms with Gasteiger partial charge in [0.15, 0.2) is 5.65 Å². The molecule has 0 unspecified atom stereocenters. The first-order chi connectivity index (χ1) is 15.6. The molecule has 0 radical (unpaired) electrons. The van der Waals surface area contributed by atoms with Crippen molar-refractivity contribution in [3.8, 4) is 0 Å². The van der Waals surface area contributed by atoms with Crippen molar-refractivity contribution < 1.29 is 9.53 Å². The lowest BCUT2D eigenvalue weighted by molar-refractivity contribution is 0.0513. The normalized spacial score (nSPS) is 21.3. The van der Waals surface area contributed by atoms with Crippen LogP contribution in [0, 0.1) is 13.8 Å². The standard InChI is InChI=1S/C24H34N6O2/c1-17-16-18(2)25-21-20(17)23(29-12-14-32-15-13-29)27-22(26-21)24(31)30-10-8-28(9-11-30)19-6-4-3-5-7-19/h16,19H,3-15H2,1-2H3. The maximum atomic E-state index is 13.4. The quantitative estimate of drug-likeness (QED) is 0.729. The van der Waals surface area contributed by atoms with Crippen LogP contribution >= 0.6 is 0 Å². The van der Waals surface area contributed by atoms with Crippen LogP contribution in [-0.2, 0) is 4.74 Å². The summed E-state index contributed by atoms with van der Waals surface area (Å²) in [6, 6.07) is 2.75. The number of hydrogen-bond donors (Lipinski definition) is 0. The van der Waals surface area contributed by atoms with E-state index in [9.17, 15) is 4.79 Å². The minimum absolute atomic E-state index is 0.0781. The Kier molecular flexibility index (Phi) is 6.24. The number of aryl methyl sites for hydroxylation is 2. The smallest absolute Gasteiger partial charge is 0.291 e. The Morgan fingerprint density at radius 1 is 0.938 bits per heavy atom. The Balaban J connectivity index is 1.40. The van der Waals surface area contributed by atoms with Crippen molar-refractivity contribution in [1.82, 2.24) is 24.8 Å². The highest BCUT2D eigenvalue weighted by Crippen LogP contribution is 2.28. The maximum absolute atomic E-state index is 13.4. The lowest BCUT2D eigenvalue weighted by Gasteiger charge is -2.40. The fraction of sp³-hybridized carbons (Fsp3) is 0.667. The molecule has 0 aromatic carbocycles. The summed E-state index contributed by atoms with van der Waals surface area (Å²) in [5.74, 6) is 1.00. The van der Waals surface area contributed by atoms with Crippen LogP contribution in [0.2, 0.25) is 0 Å². The Bertz CT molecular complexity index is 976. The molecule has 2 aliphatic heterocycles. The molecule has 5 rings (SSSR count). The van der Waals surface area contributed by atoms with Crippen molar-refractivity contribution >= 4 is 22.8 Å². The highest BCUT2D eigenvalue weighted by atomic mass is 16.5. The van der Waals surface area contributed by atoms with E-state index in [1.54, 1.807) is 0 Å². The first-order valence-corrected chi connectivity index (χ1v) is 12.1. The van der Waals surface area contributed by atoms with Crippen molar-refractivity contribution in [2.24, 2.45) is 0 Å². The van der Waals surface area contributed by atoms with E-state index in [0.29, 0.717) is 24.9 Å². The van der Waals surface area contributed by atoms with E-state index in [-0.39, 0.29) is 11.7 Å². The summed E-state index contributed by atoms with van der Waals surface area (Å²) in [4.78, 5) is 34.3. The van der Waals surface area contributed by atoms with E-state index in [4.69, 9.17) is 9.72 Å². The molecular formula is C24H34N6O2. The predicted molar refractivity (Wildman–Crippen MR) is 124 cm³/mol. The largest absolute Gasteiger partial charge is 0.378 e. The molecular weight excluding hydrogens is 404 g/mol. The molecule has 1 amide bonds. The minimum Gasteiger partial charge on any atom is -0.378 e. The lowest BCUT2D eigenvalue weighted by Crippen LogP contribution is -2.52. The summed E-state index contributed by atoms with van der Waals surface area (Å²) in [7, 11) is 0. The molecule has 0 N–H and O–H groups in total. The molecule has 8 nitrogen and oxygen atoms in total. The second-order valence-electron chi connectivity index (χ2n) is 9.37. The average Bonchev–Trinajstić information content (AvgIpc) is 2.84. The van der Waals surface area contributed by atoms with E-state index in [2.05, 4.69) is 32.8 Å². The van der Waals surface area contributed by atoms with Crippen LogP contribution in [-0.4, -0.2) is 89.2 Å². The third-order valence-corrected chi connectivity index (χ3v) is 7.17. The molecule has 2 aromatic rings. The van der Waals surface area contributed by atoms with Gasteiger partial charge in [-0.05, 0) is 38.3 Å². The molecule has 8 heteroatoms. The van der Waals surface area contributed by atoms with E-state index < -0.39 is 0 Å². The van der Waals surface area contributed by atoms with Gasteiger partial charge in [0.25, 0.3) is 5.91 Å². The van der Waals surface area contributed by atoms with E-state index >= 15 is 0 Å². The number of carbonyl (C=O) groups is 1. The summed E-state index contributed by atoms with van der Waals surface area (Å²) < 4.78 is 5.53. The number of rotatable bonds is 3. The highest BCUT2D eigenvalue weighted by Gasteiger charge is 2.30. The number of pyridine rings is 1. The number of morpholine rings is 1. The Labute approximate surface area is 190 Å². The fourth-order valence-electron chi connectivity index (χ4n) is 5.43. The number of anilines is 1. The van der Waals surface area contributed by atoms with Gasteiger partial charge in [-0.15, -0.1) is 0 Å². The van der Waals surface area contributed by atoms with Gasteiger partial charge in [0, 0.05) is 51.0 Å². The zero-order valence-electron chi connectivity index (χ0n) is 19.3. The molecule has 2 saturated heterocycles. The van der Waals surface area contributed by atoms with E-state index in [0.717, 1.165) is 61.7 Å². The van der Waals surface area contributed by atoms with Crippen molar-refractivity contribution in [2.45, 2.75) is 52.0 Å². The molecule has 0 atom stereocenters. The second-order valence-corrected chi connectivity index (χ2v) is 9.37. The summed E-state index contributed by atoms with van der Waals surface area (Å²) in [6.45, 7) is 10.2. The van der Waals surface area contributed by atoms with Crippen LogP contribution in [0.4, 0.5) is 5.82 Å². The average molecular weight is 439 g/mol. The van der Waals surface area contributed by atoms with E-state index in [1.165, 1.54) is 32.1 Å². The van der Waals surface area contributed by atoms with Gasteiger partial charge in [-0.25, -0.2) is 15.0 Å². The number of nitrogens with zero attached hydrogens (tertiary/aromatic N) is 6. The molecule has 0 bridgehead atoms. The third kappa shape index (κ3) is 4.30. The number of aromatic nitrogens is 3. The molecule has 0 spiro atoms. The summed E-state index contributed by atoms with van der Waals surface area (Å²) >= 11 is 0. The topological polar surface area (TPSA) is 74.7 Å². The van der Waals surface area contributed by atoms with Gasteiger partial charge in [0.1, 0.15) is 5.82 Å². The van der Waals surface area contributed by atoms with Gasteiger partial charge in [0.05, 0.1) is 18.6 Å². The number of hydrogen-bond acceptors (Lipinski definition) is 7. The van der Waals surface area contributed by atoms with Crippen LogP contribution in [0.25, 0.3) is 11.0 Å². The monoisotopic (exact) mass is 438 g/mol. The fourth-order valence-corrected chi connectivity index (χ4v) is 5.43. The molecule has 3 aliphatic rings. The highest BCUT2D eigenvalue weighted by molar-refractivity contribution is 5.97. The summed E-state index contributed by atoms with van der Waals surface area (Å²) in [5, 5.41) is 0.941. The zero-order valence-corrected chi connectivity index (χ0v) is 19.3. The van der Waals surface area contributed by atoms with Gasteiger partial charge in [-0.1, -0.05) is 19.3 Å². The lowest BCUT2D eigenvalue weighted by atomic mass is 9.94. The minimum atomic E-state index is -0.0781. The van der Waals surface area contributed by atoms with Crippen molar-refractivity contribution in [2.75, 3.05) is 57.4 Å². The van der Waals surface area contributed by atoms with Crippen LogP contribution < -0.4 is 4.90 Å². The molecule has 172 valence electrons. The first kappa shape index (κ1) is 21.5. The molecule has 3 fully saturated rings. The Morgan fingerprint density at radius 2 is 1.66 bits per heavy atom. The van der Waals surface area contributed by atoms with Crippen LogP contribution in [0.3, 0.4) is 0 Å². The zero-order chi connectivity index (χ0) is 22.1. The first-order valence-electron chi connectivity index (χ1n) is 12.1. The molecule has 4 heterocycles. The number of fused-ring (bicyclic) bond motifs is 1. The molecule has 32 heavy (non-hydrogen) atoms. The predicted octanol–water partition coefficient (Wildman–Crippen LogP) is 2.57. The molecule has 2 aromatic heterocycles. The van der Waals surface area contributed by atoms with Crippen LogP contribution in [0.15, 0.2) is 6.07 Å².